The van der Waals surface area contributed by atoms with Gasteiger partial charge in [-0.05, 0) is 42.8 Å². The zero-order chi connectivity index (χ0) is 19.2. The number of rotatable bonds is 7. The Labute approximate surface area is 156 Å². The van der Waals surface area contributed by atoms with E-state index in [-0.39, 0.29) is 25.6 Å². The number of hydrogen-bond acceptors (Lipinski definition) is 5. The number of methoxy groups -OCH3 is 1. The van der Waals surface area contributed by atoms with Gasteiger partial charge in [0.25, 0.3) is 0 Å². The highest BCUT2D eigenvalue weighted by atomic mass is 19.1. The average Bonchev–Trinajstić information content (AvgIpc) is 2.67. The second kappa shape index (κ2) is 8.60. The molecule has 0 saturated carbocycles. The number of fused-ring (bicyclic) bond motifs is 1. The Morgan fingerprint density at radius 3 is 2.56 bits per heavy atom. The van der Waals surface area contributed by atoms with Crippen molar-refractivity contribution in [2.45, 2.75) is 13.5 Å². The van der Waals surface area contributed by atoms with Gasteiger partial charge < -0.3 is 14.2 Å². The molecule has 27 heavy (non-hydrogen) atoms. The Kier molecular flexibility index (Phi) is 5.98. The molecule has 0 spiro atoms. The van der Waals surface area contributed by atoms with Gasteiger partial charge in [0.1, 0.15) is 24.8 Å². The van der Waals surface area contributed by atoms with Gasteiger partial charge in [0.15, 0.2) is 0 Å². The van der Waals surface area contributed by atoms with Gasteiger partial charge in [-0.2, -0.15) is 0 Å². The van der Waals surface area contributed by atoms with Crippen LogP contribution in [0.3, 0.4) is 0 Å². The number of carbonyl (C=O) groups is 1. The molecule has 3 rings (SSSR count). The molecule has 5 nitrogen and oxygen atoms in total. The maximum Gasteiger partial charge on any atom is 0.340 e. The summed E-state index contributed by atoms with van der Waals surface area (Å²) in [5, 5.41) is 0.895. The first-order chi connectivity index (χ1) is 13.1. The van der Waals surface area contributed by atoms with Gasteiger partial charge in [-0.3, -0.25) is 0 Å². The number of para-hydroxylation sites is 1. The first kappa shape index (κ1) is 18.8. The fourth-order valence-corrected chi connectivity index (χ4v) is 2.85. The number of hydrogen-bond donors (Lipinski definition) is 0. The molecule has 0 fully saturated rings. The fraction of sp³-hybridized carbons (Fsp3) is 0.238. The summed E-state index contributed by atoms with van der Waals surface area (Å²) in [6.07, 6.45) is 0. The number of halogens is 1. The third-order valence-corrected chi connectivity index (χ3v) is 4.11. The number of aromatic nitrogens is 1. The summed E-state index contributed by atoms with van der Waals surface area (Å²) in [5.41, 5.74) is 2.56. The molecule has 0 aliphatic rings. The van der Waals surface area contributed by atoms with E-state index in [1.807, 2.05) is 31.2 Å². The van der Waals surface area contributed by atoms with Gasteiger partial charge in [-0.15, -0.1) is 0 Å². The van der Waals surface area contributed by atoms with E-state index in [0.717, 1.165) is 16.5 Å². The SMILES string of the molecule is COCc1nc2ccccc2c(C)c1C(=O)OCCOc1ccc(F)cc1. The average molecular weight is 369 g/mol. The Bertz CT molecular complexity index is 941. The lowest BCUT2D eigenvalue weighted by Crippen LogP contribution is -2.16. The van der Waals surface area contributed by atoms with Crippen LogP contribution in [0.5, 0.6) is 5.75 Å². The molecule has 0 N–H and O–H groups in total. The third-order valence-electron chi connectivity index (χ3n) is 4.11. The number of benzene rings is 2. The topological polar surface area (TPSA) is 57.7 Å². The molecular weight excluding hydrogens is 349 g/mol. The van der Waals surface area contributed by atoms with E-state index >= 15 is 0 Å². The Morgan fingerprint density at radius 1 is 1.07 bits per heavy atom. The molecule has 0 unspecified atom stereocenters. The molecule has 140 valence electrons. The number of carbonyl (C=O) groups excluding carboxylic acids is 1. The molecule has 0 aliphatic heterocycles. The lowest BCUT2D eigenvalue weighted by atomic mass is 10.0. The monoisotopic (exact) mass is 369 g/mol. The minimum atomic E-state index is -0.472. The van der Waals surface area contributed by atoms with Crippen LogP contribution >= 0.6 is 0 Å². The third kappa shape index (κ3) is 4.41. The number of esters is 1. The van der Waals surface area contributed by atoms with Gasteiger partial charge in [-0.1, -0.05) is 18.2 Å². The van der Waals surface area contributed by atoms with E-state index in [2.05, 4.69) is 4.98 Å². The minimum absolute atomic E-state index is 0.0644. The number of nitrogens with zero attached hydrogens (tertiary/aromatic N) is 1. The minimum Gasteiger partial charge on any atom is -0.490 e. The number of ether oxygens (including phenoxy) is 3. The van der Waals surface area contributed by atoms with Crippen molar-refractivity contribution in [3.05, 3.63) is 71.2 Å². The quantitative estimate of drug-likeness (QED) is 0.464. The Morgan fingerprint density at radius 2 is 1.81 bits per heavy atom. The van der Waals surface area contributed by atoms with Crippen molar-refractivity contribution >= 4 is 16.9 Å². The first-order valence-electron chi connectivity index (χ1n) is 8.53. The summed E-state index contributed by atoms with van der Waals surface area (Å²) >= 11 is 0. The van der Waals surface area contributed by atoms with Crippen molar-refractivity contribution < 1.29 is 23.4 Å². The molecule has 0 radical (unpaired) electrons. The van der Waals surface area contributed by atoms with Crippen molar-refractivity contribution in [1.82, 2.24) is 4.98 Å². The highest BCUT2D eigenvalue weighted by Gasteiger charge is 2.20. The van der Waals surface area contributed by atoms with Gasteiger partial charge in [0, 0.05) is 12.5 Å². The highest BCUT2D eigenvalue weighted by molar-refractivity contribution is 5.98. The van der Waals surface area contributed by atoms with E-state index in [0.29, 0.717) is 17.0 Å². The summed E-state index contributed by atoms with van der Waals surface area (Å²) < 4.78 is 28.9. The van der Waals surface area contributed by atoms with Gasteiger partial charge in [-0.25, -0.2) is 14.2 Å². The molecule has 0 aliphatic carbocycles. The molecule has 0 saturated heterocycles. The van der Waals surface area contributed by atoms with Crippen LogP contribution in [0.4, 0.5) is 4.39 Å². The first-order valence-corrected chi connectivity index (χ1v) is 8.53. The van der Waals surface area contributed by atoms with E-state index in [4.69, 9.17) is 14.2 Å². The predicted molar refractivity (Wildman–Crippen MR) is 99.4 cm³/mol. The van der Waals surface area contributed by atoms with E-state index < -0.39 is 5.97 Å². The van der Waals surface area contributed by atoms with Gasteiger partial charge in [0.2, 0.25) is 0 Å². The number of pyridine rings is 1. The van der Waals surface area contributed by atoms with Crippen LogP contribution in [0.15, 0.2) is 48.5 Å². The normalized spacial score (nSPS) is 10.8. The molecule has 0 atom stereocenters. The van der Waals surface area contributed by atoms with Crippen molar-refractivity contribution in [2.75, 3.05) is 20.3 Å². The second-order valence-corrected chi connectivity index (χ2v) is 5.95. The fourth-order valence-electron chi connectivity index (χ4n) is 2.85. The van der Waals surface area contributed by atoms with Crippen molar-refractivity contribution in [1.29, 1.82) is 0 Å². The molecule has 1 aromatic heterocycles. The van der Waals surface area contributed by atoms with Crippen LogP contribution in [0.2, 0.25) is 0 Å². The maximum atomic E-state index is 12.9. The van der Waals surface area contributed by atoms with Crippen molar-refractivity contribution in [2.24, 2.45) is 0 Å². The molecule has 0 amide bonds. The summed E-state index contributed by atoms with van der Waals surface area (Å²) in [6.45, 7) is 2.31. The highest BCUT2D eigenvalue weighted by Crippen LogP contribution is 2.24. The van der Waals surface area contributed by atoms with Crippen LogP contribution in [-0.4, -0.2) is 31.3 Å². The van der Waals surface area contributed by atoms with E-state index in [9.17, 15) is 9.18 Å². The smallest absolute Gasteiger partial charge is 0.340 e. The molecule has 0 bridgehead atoms. The maximum absolute atomic E-state index is 12.9. The lowest BCUT2D eigenvalue weighted by molar-refractivity contribution is 0.0444. The Hall–Kier alpha value is -2.99. The second-order valence-electron chi connectivity index (χ2n) is 5.95. The van der Waals surface area contributed by atoms with E-state index in [1.54, 1.807) is 7.11 Å². The van der Waals surface area contributed by atoms with Crippen molar-refractivity contribution in [3.63, 3.8) is 0 Å². The van der Waals surface area contributed by atoms with Crippen LogP contribution in [0.1, 0.15) is 21.6 Å². The van der Waals surface area contributed by atoms with Crippen LogP contribution < -0.4 is 4.74 Å². The zero-order valence-electron chi connectivity index (χ0n) is 15.2. The standard InChI is InChI=1S/C21H20FNO4/c1-14-17-5-3-4-6-18(17)23-19(13-25-2)20(14)21(24)27-12-11-26-16-9-7-15(22)8-10-16/h3-10H,11-13H2,1-2H3. The van der Waals surface area contributed by atoms with Gasteiger partial charge >= 0.3 is 5.97 Å². The Balaban J connectivity index is 1.71. The van der Waals surface area contributed by atoms with Crippen LogP contribution in [0.25, 0.3) is 10.9 Å². The summed E-state index contributed by atoms with van der Waals surface area (Å²) in [5.74, 6) is -0.296. The molecule has 6 heteroatoms. The van der Waals surface area contributed by atoms with Crippen LogP contribution in [0, 0.1) is 12.7 Å². The molecule has 2 aromatic carbocycles. The van der Waals surface area contributed by atoms with Gasteiger partial charge in [0.05, 0.1) is 23.4 Å². The molecular formula is C21H20FNO4. The molecule has 1 heterocycles. The lowest BCUT2D eigenvalue weighted by Gasteiger charge is -2.14. The summed E-state index contributed by atoms with van der Waals surface area (Å²) in [7, 11) is 1.55. The summed E-state index contributed by atoms with van der Waals surface area (Å²) in [4.78, 5) is 17.2. The van der Waals surface area contributed by atoms with E-state index in [1.165, 1.54) is 24.3 Å². The summed E-state index contributed by atoms with van der Waals surface area (Å²) in [6, 6.07) is 13.3. The van der Waals surface area contributed by atoms with Crippen molar-refractivity contribution in [3.8, 4) is 5.75 Å². The molecule has 3 aromatic rings. The zero-order valence-corrected chi connectivity index (χ0v) is 15.2. The number of aryl methyl sites for hydroxylation is 1. The predicted octanol–water partition coefficient (Wildman–Crippen LogP) is 4.06. The van der Waals surface area contributed by atoms with Crippen LogP contribution in [-0.2, 0) is 16.1 Å². The largest absolute Gasteiger partial charge is 0.490 e.